The molecule has 2 heteroatoms. The van der Waals surface area contributed by atoms with Crippen LogP contribution in [-0.4, -0.2) is 37.6 Å². The molecule has 0 radical (unpaired) electrons. The molecule has 0 aromatic heterocycles. The summed E-state index contributed by atoms with van der Waals surface area (Å²) in [5.41, 5.74) is 0. The van der Waals surface area contributed by atoms with Crippen molar-refractivity contribution in [1.29, 1.82) is 0 Å². The second-order valence-electron chi connectivity index (χ2n) is 2.75. The van der Waals surface area contributed by atoms with E-state index in [-0.39, 0.29) is 0 Å². The molecule has 0 spiro atoms. The van der Waals surface area contributed by atoms with E-state index >= 15 is 0 Å². The van der Waals surface area contributed by atoms with E-state index in [0.717, 1.165) is 12.6 Å². The fourth-order valence-electron chi connectivity index (χ4n) is 1.32. The van der Waals surface area contributed by atoms with E-state index < -0.39 is 0 Å². The van der Waals surface area contributed by atoms with Gasteiger partial charge in [-0.25, -0.2) is 0 Å². The van der Waals surface area contributed by atoms with Gasteiger partial charge in [0.05, 0.1) is 0 Å². The molecule has 0 aromatic carbocycles. The lowest BCUT2D eigenvalue weighted by Crippen LogP contribution is -2.48. The third kappa shape index (κ3) is 1.66. The minimum Gasteiger partial charge on any atom is -0.314 e. The summed E-state index contributed by atoms with van der Waals surface area (Å²) in [6.45, 7) is 5.78. The van der Waals surface area contributed by atoms with Gasteiger partial charge in [-0.05, 0) is 13.5 Å². The van der Waals surface area contributed by atoms with Gasteiger partial charge in [-0.15, -0.1) is 0 Å². The third-order valence-corrected chi connectivity index (χ3v) is 2.12. The average Bonchev–Trinajstić information content (AvgIpc) is 1.89. The van der Waals surface area contributed by atoms with Crippen LogP contribution >= 0.6 is 0 Å². The zero-order chi connectivity index (χ0) is 6.69. The maximum absolute atomic E-state index is 3.37. The summed E-state index contributed by atoms with van der Waals surface area (Å²) in [7, 11) is 2.20. The molecule has 1 fully saturated rings. The standard InChI is InChI=1S/C7H16N2/c1-3-7-6-8-4-5-9(7)2/h7-8H,3-6H2,1-2H3/t7-/m0/s1. The van der Waals surface area contributed by atoms with E-state index in [9.17, 15) is 0 Å². The van der Waals surface area contributed by atoms with Gasteiger partial charge in [-0.3, -0.25) is 0 Å². The summed E-state index contributed by atoms with van der Waals surface area (Å²) < 4.78 is 0. The molecule has 1 atom stereocenters. The van der Waals surface area contributed by atoms with Crippen LogP contribution in [0.25, 0.3) is 0 Å². The van der Waals surface area contributed by atoms with Crippen LogP contribution in [0.4, 0.5) is 0 Å². The largest absolute Gasteiger partial charge is 0.314 e. The molecule has 0 unspecified atom stereocenters. The van der Waals surface area contributed by atoms with E-state index in [4.69, 9.17) is 0 Å². The molecule has 1 aliphatic rings. The van der Waals surface area contributed by atoms with Crippen molar-refractivity contribution in [3.05, 3.63) is 0 Å². The van der Waals surface area contributed by atoms with Crippen molar-refractivity contribution in [2.24, 2.45) is 0 Å². The van der Waals surface area contributed by atoms with Crippen molar-refractivity contribution >= 4 is 0 Å². The number of hydrogen-bond acceptors (Lipinski definition) is 2. The molecule has 0 bridgehead atoms. The first-order valence-corrected chi connectivity index (χ1v) is 3.75. The molecular formula is C7H16N2. The minimum atomic E-state index is 0.777. The molecule has 0 saturated carbocycles. The summed E-state index contributed by atoms with van der Waals surface area (Å²) in [6, 6.07) is 0.777. The van der Waals surface area contributed by atoms with Crippen LogP contribution in [0.5, 0.6) is 0 Å². The van der Waals surface area contributed by atoms with Crippen LogP contribution < -0.4 is 5.32 Å². The van der Waals surface area contributed by atoms with Crippen LogP contribution in [0.2, 0.25) is 0 Å². The van der Waals surface area contributed by atoms with Crippen molar-refractivity contribution in [2.45, 2.75) is 19.4 Å². The molecule has 1 heterocycles. The molecule has 1 rings (SSSR count). The van der Waals surface area contributed by atoms with Crippen molar-refractivity contribution in [3.8, 4) is 0 Å². The van der Waals surface area contributed by atoms with E-state index in [1.807, 2.05) is 0 Å². The number of nitrogens with zero attached hydrogens (tertiary/aromatic N) is 1. The smallest absolute Gasteiger partial charge is 0.0215 e. The van der Waals surface area contributed by atoms with Gasteiger partial charge in [0, 0.05) is 25.7 Å². The number of rotatable bonds is 1. The lowest BCUT2D eigenvalue weighted by atomic mass is 10.1. The lowest BCUT2D eigenvalue weighted by molar-refractivity contribution is 0.195. The van der Waals surface area contributed by atoms with Crippen LogP contribution in [0.15, 0.2) is 0 Å². The summed E-state index contributed by atoms with van der Waals surface area (Å²) >= 11 is 0. The number of hydrogen-bond donors (Lipinski definition) is 1. The highest BCUT2D eigenvalue weighted by atomic mass is 15.2. The highest BCUT2D eigenvalue weighted by Gasteiger charge is 2.15. The van der Waals surface area contributed by atoms with Gasteiger partial charge in [0.15, 0.2) is 0 Å². The lowest BCUT2D eigenvalue weighted by Gasteiger charge is -2.32. The van der Waals surface area contributed by atoms with E-state index in [2.05, 4.69) is 24.2 Å². The summed E-state index contributed by atoms with van der Waals surface area (Å²) in [5.74, 6) is 0. The van der Waals surface area contributed by atoms with Gasteiger partial charge < -0.3 is 10.2 Å². The van der Waals surface area contributed by atoms with Crippen LogP contribution in [-0.2, 0) is 0 Å². The quantitative estimate of drug-likeness (QED) is 0.546. The Bertz CT molecular complexity index is 83.0. The Labute approximate surface area is 57.2 Å². The van der Waals surface area contributed by atoms with Crippen molar-refractivity contribution < 1.29 is 0 Å². The van der Waals surface area contributed by atoms with Gasteiger partial charge in [0.2, 0.25) is 0 Å². The Morgan fingerprint density at radius 1 is 1.67 bits per heavy atom. The topological polar surface area (TPSA) is 15.3 Å². The maximum Gasteiger partial charge on any atom is 0.0215 e. The predicted octanol–water partition coefficient (Wildman–Crippen LogP) is 0.300. The molecule has 1 N–H and O–H groups in total. The Morgan fingerprint density at radius 2 is 2.44 bits per heavy atom. The van der Waals surface area contributed by atoms with Gasteiger partial charge >= 0.3 is 0 Å². The number of likely N-dealkylation sites (N-methyl/N-ethyl adjacent to an activating group) is 1. The predicted molar refractivity (Wildman–Crippen MR) is 39.6 cm³/mol. The van der Waals surface area contributed by atoms with Crippen molar-refractivity contribution in [1.82, 2.24) is 10.2 Å². The Balaban J connectivity index is 2.30. The molecule has 1 aliphatic heterocycles. The number of nitrogens with one attached hydrogen (secondary N) is 1. The monoisotopic (exact) mass is 128 g/mol. The fraction of sp³-hybridized carbons (Fsp3) is 1.00. The van der Waals surface area contributed by atoms with Gasteiger partial charge in [-0.1, -0.05) is 6.92 Å². The SMILES string of the molecule is CC[C@H]1CNCCN1C. The molecular weight excluding hydrogens is 112 g/mol. The highest BCUT2D eigenvalue weighted by Crippen LogP contribution is 2.02. The molecule has 54 valence electrons. The molecule has 1 saturated heterocycles. The molecule has 0 aliphatic carbocycles. The van der Waals surface area contributed by atoms with Crippen molar-refractivity contribution in [2.75, 3.05) is 26.7 Å². The zero-order valence-electron chi connectivity index (χ0n) is 6.35. The van der Waals surface area contributed by atoms with Crippen molar-refractivity contribution in [3.63, 3.8) is 0 Å². The Hall–Kier alpha value is -0.0800. The Morgan fingerprint density at radius 3 is 2.89 bits per heavy atom. The van der Waals surface area contributed by atoms with Gasteiger partial charge in [-0.2, -0.15) is 0 Å². The second-order valence-corrected chi connectivity index (χ2v) is 2.75. The normalized spacial score (nSPS) is 30.7. The molecule has 0 aromatic rings. The highest BCUT2D eigenvalue weighted by molar-refractivity contribution is 4.75. The maximum atomic E-state index is 3.37. The van der Waals surface area contributed by atoms with Crippen LogP contribution in [0.1, 0.15) is 13.3 Å². The molecule has 9 heavy (non-hydrogen) atoms. The summed E-state index contributed by atoms with van der Waals surface area (Å²) in [6.07, 6.45) is 1.27. The first-order chi connectivity index (χ1) is 4.34. The fourth-order valence-corrected chi connectivity index (χ4v) is 1.32. The third-order valence-electron chi connectivity index (χ3n) is 2.12. The minimum absolute atomic E-state index is 0.777. The summed E-state index contributed by atoms with van der Waals surface area (Å²) in [4.78, 5) is 2.43. The van der Waals surface area contributed by atoms with E-state index in [1.165, 1.54) is 19.5 Å². The number of piperazine rings is 1. The first kappa shape index (κ1) is 7.03. The second kappa shape index (κ2) is 3.18. The first-order valence-electron chi connectivity index (χ1n) is 3.75. The van der Waals surface area contributed by atoms with Crippen LogP contribution in [0, 0.1) is 0 Å². The Kier molecular flexibility index (Phi) is 2.49. The summed E-state index contributed by atoms with van der Waals surface area (Å²) in [5, 5.41) is 3.37. The van der Waals surface area contributed by atoms with Gasteiger partial charge in [0.1, 0.15) is 0 Å². The average molecular weight is 128 g/mol. The molecule has 2 nitrogen and oxygen atoms in total. The van der Waals surface area contributed by atoms with Crippen LogP contribution in [0.3, 0.4) is 0 Å². The van der Waals surface area contributed by atoms with Gasteiger partial charge in [0.25, 0.3) is 0 Å². The molecule has 0 amide bonds. The van der Waals surface area contributed by atoms with E-state index in [0.29, 0.717) is 0 Å². The zero-order valence-corrected chi connectivity index (χ0v) is 6.35. The van der Waals surface area contributed by atoms with E-state index in [1.54, 1.807) is 0 Å².